The number of hydrogen-bond acceptors (Lipinski definition) is 3. The van der Waals surface area contributed by atoms with E-state index in [0.29, 0.717) is 11.0 Å². The van der Waals surface area contributed by atoms with Crippen LogP contribution < -0.4 is 0 Å². The lowest BCUT2D eigenvalue weighted by atomic mass is 10.2. The number of aromatic nitrogens is 3. The summed E-state index contributed by atoms with van der Waals surface area (Å²) in [5.74, 6) is 0.220. The van der Waals surface area contributed by atoms with Crippen molar-refractivity contribution in [2.24, 2.45) is 7.05 Å². The van der Waals surface area contributed by atoms with Crippen LogP contribution in [0, 0.1) is 0 Å². The van der Waals surface area contributed by atoms with E-state index in [2.05, 4.69) is 26.2 Å². The summed E-state index contributed by atoms with van der Waals surface area (Å²) in [6, 6.07) is 0. The van der Waals surface area contributed by atoms with E-state index in [4.69, 9.17) is 11.6 Å². The van der Waals surface area contributed by atoms with E-state index < -0.39 is 6.10 Å². The van der Waals surface area contributed by atoms with Crippen LogP contribution in [0.2, 0.25) is 0 Å². The van der Waals surface area contributed by atoms with Crippen LogP contribution in [-0.4, -0.2) is 32.1 Å². The molecule has 1 aromatic heterocycles. The maximum Gasteiger partial charge on any atom is 0.151 e. The molecule has 0 aliphatic carbocycles. The Morgan fingerprint density at radius 3 is 2.83 bits per heavy atom. The highest BCUT2D eigenvalue weighted by Gasteiger charge is 2.12. The van der Waals surface area contributed by atoms with Gasteiger partial charge in [0.1, 0.15) is 0 Å². The van der Waals surface area contributed by atoms with E-state index >= 15 is 0 Å². The Morgan fingerprint density at radius 1 is 1.75 bits per heavy atom. The highest BCUT2D eigenvalue weighted by Crippen LogP contribution is 2.13. The standard InChI is InChI=1S/C6H9BrClN3O/c1-11-5(2-4(12)3-8)6(7)9-10-11/h4,12H,2-3H2,1H3. The molecule has 6 heteroatoms. The first kappa shape index (κ1) is 9.95. The predicted octanol–water partition coefficient (Wildman–Crippen LogP) is 0.720. The Labute approximate surface area is 83.7 Å². The van der Waals surface area contributed by atoms with Crippen LogP contribution in [0.3, 0.4) is 0 Å². The molecule has 0 bridgehead atoms. The van der Waals surface area contributed by atoms with Gasteiger partial charge in [-0.2, -0.15) is 0 Å². The van der Waals surface area contributed by atoms with Crippen molar-refractivity contribution >= 4 is 27.5 Å². The molecule has 1 atom stereocenters. The molecule has 0 aromatic carbocycles. The van der Waals surface area contributed by atoms with Crippen molar-refractivity contribution in [3.8, 4) is 0 Å². The van der Waals surface area contributed by atoms with Crippen LogP contribution in [0.15, 0.2) is 4.60 Å². The van der Waals surface area contributed by atoms with Crippen molar-refractivity contribution in [1.29, 1.82) is 0 Å². The average molecular weight is 255 g/mol. The van der Waals surface area contributed by atoms with Gasteiger partial charge in [0, 0.05) is 19.3 Å². The van der Waals surface area contributed by atoms with Crippen LogP contribution in [0.4, 0.5) is 0 Å². The molecular weight excluding hydrogens is 245 g/mol. The zero-order chi connectivity index (χ0) is 9.14. The fourth-order valence-electron chi connectivity index (χ4n) is 0.846. The number of aliphatic hydroxyl groups excluding tert-OH is 1. The van der Waals surface area contributed by atoms with Crippen LogP contribution in [0.5, 0.6) is 0 Å². The molecular formula is C6H9BrClN3O. The number of alkyl halides is 1. The summed E-state index contributed by atoms with van der Waals surface area (Å²) in [5, 5.41) is 16.8. The second-order valence-electron chi connectivity index (χ2n) is 2.46. The number of hydrogen-bond donors (Lipinski definition) is 1. The number of aliphatic hydroxyl groups is 1. The second-order valence-corrected chi connectivity index (χ2v) is 3.52. The quantitative estimate of drug-likeness (QED) is 0.809. The van der Waals surface area contributed by atoms with E-state index in [1.807, 2.05) is 0 Å². The van der Waals surface area contributed by atoms with E-state index in [0.717, 1.165) is 5.69 Å². The Bertz CT molecular complexity index is 246. The molecule has 12 heavy (non-hydrogen) atoms. The number of halogens is 2. The zero-order valence-electron chi connectivity index (χ0n) is 6.54. The van der Waals surface area contributed by atoms with E-state index in [9.17, 15) is 5.11 Å². The first-order chi connectivity index (χ1) is 5.65. The van der Waals surface area contributed by atoms with Crippen molar-refractivity contribution in [2.45, 2.75) is 12.5 Å². The largest absolute Gasteiger partial charge is 0.391 e. The van der Waals surface area contributed by atoms with Crippen molar-refractivity contribution in [1.82, 2.24) is 15.0 Å². The smallest absolute Gasteiger partial charge is 0.151 e. The molecule has 0 aliphatic rings. The van der Waals surface area contributed by atoms with Crippen molar-refractivity contribution < 1.29 is 5.11 Å². The average Bonchev–Trinajstić information content (AvgIpc) is 2.35. The summed E-state index contributed by atoms with van der Waals surface area (Å²) in [6.45, 7) is 0. The van der Waals surface area contributed by atoms with Gasteiger partial charge in [-0.15, -0.1) is 16.7 Å². The summed E-state index contributed by atoms with van der Waals surface area (Å²) >= 11 is 8.68. The van der Waals surface area contributed by atoms with Gasteiger partial charge in [-0.1, -0.05) is 5.21 Å². The van der Waals surface area contributed by atoms with Crippen LogP contribution >= 0.6 is 27.5 Å². The fourth-order valence-corrected chi connectivity index (χ4v) is 1.44. The molecule has 0 saturated heterocycles. The van der Waals surface area contributed by atoms with Gasteiger partial charge in [-0.05, 0) is 15.9 Å². The van der Waals surface area contributed by atoms with Crippen molar-refractivity contribution in [3.05, 3.63) is 10.3 Å². The molecule has 0 saturated carbocycles. The lowest BCUT2D eigenvalue weighted by Gasteiger charge is -2.05. The topological polar surface area (TPSA) is 50.9 Å². The van der Waals surface area contributed by atoms with Gasteiger partial charge >= 0.3 is 0 Å². The van der Waals surface area contributed by atoms with E-state index in [-0.39, 0.29) is 5.88 Å². The van der Waals surface area contributed by atoms with Gasteiger partial charge in [0.15, 0.2) is 4.60 Å². The molecule has 1 aromatic rings. The Hall–Kier alpha value is -0.130. The van der Waals surface area contributed by atoms with Gasteiger partial charge in [-0.25, -0.2) is 0 Å². The number of rotatable bonds is 3. The van der Waals surface area contributed by atoms with Crippen molar-refractivity contribution in [2.75, 3.05) is 5.88 Å². The third-order valence-corrected chi connectivity index (χ3v) is 2.48. The maximum absolute atomic E-state index is 9.26. The number of aryl methyl sites for hydroxylation is 1. The molecule has 0 fully saturated rings. The predicted molar refractivity (Wildman–Crippen MR) is 49.1 cm³/mol. The lowest BCUT2D eigenvalue weighted by molar-refractivity contribution is 0.196. The van der Waals surface area contributed by atoms with Gasteiger partial charge < -0.3 is 5.11 Å². The first-order valence-electron chi connectivity index (χ1n) is 3.43. The lowest BCUT2D eigenvalue weighted by Crippen LogP contribution is -2.14. The van der Waals surface area contributed by atoms with E-state index in [1.54, 1.807) is 11.7 Å². The minimum Gasteiger partial charge on any atom is -0.391 e. The molecule has 1 rings (SSSR count). The van der Waals surface area contributed by atoms with Gasteiger partial charge in [-0.3, -0.25) is 4.68 Å². The highest BCUT2D eigenvalue weighted by atomic mass is 79.9. The van der Waals surface area contributed by atoms with Crippen LogP contribution in [-0.2, 0) is 13.5 Å². The summed E-state index contributed by atoms with van der Waals surface area (Å²) < 4.78 is 2.27. The second kappa shape index (κ2) is 4.20. The zero-order valence-corrected chi connectivity index (χ0v) is 8.88. The molecule has 0 amide bonds. The third kappa shape index (κ3) is 2.18. The molecule has 0 radical (unpaired) electrons. The minimum atomic E-state index is -0.542. The SMILES string of the molecule is Cn1nnc(Br)c1CC(O)CCl. The highest BCUT2D eigenvalue weighted by molar-refractivity contribution is 9.10. The molecule has 0 spiro atoms. The Balaban J connectivity index is 2.73. The Kier molecular flexibility index (Phi) is 3.49. The van der Waals surface area contributed by atoms with Crippen molar-refractivity contribution in [3.63, 3.8) is 0 Å². The molecule has 1 unspecified atom stereocenters. The summed E-state index contributed by atoms with van der Waals surface area (Å²) in [5.41, 5.74) is 0.850. The van der Waals surface area contributed by atoms with Crippen LogP contribution in [0.1, 0.15) is 5.69 Å². The maximum atomic E-state index is 9.26. The molecule has 68 valence electrons. The van der Waals surface area contributed by atoms with Gasteiger partial charge in [0.2, 0.25) is 0 Å². The molecule has 4 nitrogen and oxygen atoms in total. The molecule has 1 heterocycles. The minimum absolute atomic E-state index is 0.220. The molecule has 1 N–H and O–H groups in total. The molecule has 0 aliphatic heterocycles. The monoisotopic (exact) mass is 253 g/mol. The van der Waals surface area contributed by atoms with Gasteiger partial charge in [0.25, 0.3) is 0 Å². The third-order valence-electron chi connectivity index (χ3n) is 1.50. The first-order valence-corrected chi connectivity index (χ1v) is 4.76. The van der Waals surface area contributed by atoms with Crippen LogP contribution in [0.25, 0.3) is 0 Å². The summed E-state index contributed by atoms with van der Waals surface area (Å²) in [6.07, 6.45) is -0.0757. The Morgan fingerprint density at radius 2 is 2.42 bits per heavy atom. The summed E-state index contributed by atoms with van der Waals surface area (Å²) in [7, 11) is 1.77. The van der Waals surface area contributed by atoms with E-state index in [1.165, 1.54) is 0 Å². The fraction of sp³-hybridized carbons (Fsp3) is 0.667. The number of nitrogens with zero attached hydrogens (tertiary/aromatic N) is 3. The van der Waals surface area contributed by atoms with Gasteiger partial charge in [0.05, 0.1) is 11.8 Å². The normalized spacial score (nSPS) is 13.3. The summed E-state index contributed by atoms with van der Waals surface area (Å²) in [4.78, 5) is 0.